The predicted octanol–water partition coefficient (Wildman–Crippen LogP) is 1.49. The van der Waals surface area contributed by atoms with Crippen molar-refractivity contribution >= 4 is 0 Å². The molecule has 1 unspecified atom stereocenters. The fourth-order valence-corrected chi connectivity index (χ4v) is 2.09. The second-order valence-corrected chi connectivity index (χ2v) is 4.58. The molecule has 1 fully saturated rings. The first-order valence-corrected chi connectivity index (χ1v) is 4.94. The Morgan fingerprint density at radius 1 is 1.50 bits per heavy atom. The van der Waals surface area contributed by atoms with Crippen molar-refractivity contribution in [3.63, 3.8) is 0 Å². The summed E-state index contributed by atoms with van der Waals surface area (Å²) in [6.07, 6.45) is 2.40. The topological polar surface area (TPSA) is 23.5 Å². The van der Waals surface area contributed by atoms with Crippen LogP contribution >= 0.6 is 0 Å². The molecule has 2 heteroatoms. The molecular formula is C10H21NO. The molecule has 0 amide bonds. The molecule has 1 atom stereocenters. The van der Waals surface area contributed by atoms with Crippen LogP contribution in [0, 0.1) is 5.41 Å². The molecule has 2 nitrogen and oxygen atoms in total. The van der Waals surface area contributed by atoms with Gasteiger partial charge in [0, 0.05) is 6.04 Å². The summed E-state index contributed by atoms with van der Waals surface area (Å²) >= 11 is 0. The molecule has 1 N–H and O–H groups in total. The molecule has 1 saturated heterocycles. The van der Waals surface area contributed by atoms with Gasteiger partial charge in [-0.1, -0.05) is 20.8 Å². The van der Waals surface area contributed by atoms with Crippen LogP contribution in [0.4, 0.5) is 0 Å². The van der Waals surface area contributed by atoms with E-state index >= 15 is 0 Å². The summed E-state index contributed by atoms with van der Waals surface area (Å²) < 4.78 is 0. The molecule has 0 saturated carbocycles. The summed E-state index contributed by atoms with van der Waals surface area (Å²) in [5.41, 5.74) is 0.430. The fourth-order valence-electron chi connectivity index (χ4n) is 2.09. The van der Waals surface area contributed by atoms with Crippen LogP contribution in [0.15, 0.2) is 0 Å². The first-order chi connectivity index (χ1) is 5.59. The van der Waals surface area contributed by atoms with Gasteiger partial charge in [0.15, 0.2) is 0 Å². The minimum atomic E-state index is 0.317. The van der Waals surface area contributed by atoms with Gasteiger partial charge in [0.1, 0.15) is 0 Å². The Bertz CT molecular complexity index is 145. The van der Waals surface area contributed by atoms with E-state index in [1.165, 1.54) is 6.42 Å². The fraction of sp³-hybridized carbons (Fsp3) is 1.00. The molecule has 0 bridgehead atoms. The third-order valence-corrected chi connectivity index (χ3v) is 3.00. The van der Waals surface area contributed by atoms with Crippen LogP contribution in [0.3, 0.4) is 0 Å². The van der Waals surface area contributed by atoms with Crippen molar-refractivity contribution in [3.8, 4) is 0 Å². The van der Waals surface area contributed by atoms with Gasteiger partial charge in [-0.15, -0.1) is 0 Å². The lowest BCUT2D eigenvalue weighted by Crippen LogP contribution is -2.46. The number of hydrogen-bond acceptors (Lipinski definition) is 2. The highest BCUT2D eigenvalue weighted by atomic mass is 16.3. The summed E-state index contributed by atoms with van der Waals surface area (Å²) in [7, 11) is 0. The summed E-state index contributed by atoms with van der Waals surface area (Å²) in [5.74, 6) is 0. The average Bonchev–Trinajstić information content (AvgIpc) is 2.03. The Hall–Kier alpha value is -0.0800. The summed E-state index contributed by atoms with van der Waals surface area (Å²) in [6, 6.07) is 0.402. The normalized spacial score (nSPS) is 30.5. The zero-order valence-electron chi connectivity index (χ0n) is 8.51. The van der Waals surface area contributed by atoms with E-state index in [-0.39, 0.29) is 0 Å². The monoisotopic (exact) mass is 171 g/mol. The van der Waals surface area contributed by atoms with Gasteiger partial charge >= 0.3 is 0 Å². The maximum atomic E-state index is 9.18. The van der Waals surface area contributed by atoms with Crippen molar-refractivity contribution in [1.82, 2.24) is 4.90 Å². The Morgan fingerprint density at radius 2 is 2.17 bits per heavy atom. The highest BCUT2D eigenvalue weighted by molar-refractivity contribution is 4.85. The van der Waals surface area contributed by atoms with Crippen molar-refractivity contribution in [2.45, 2.75) is 39.7 Å². The van der Waals surface area contributed by atoms with Crippen LogP contribution in [-0.4, -0.2) is 35.7 Å². The van der Waals surface area contributed by atoms with Crippen molar-refractivity contribution in [2.75, 3.05) is 19.7 Å². The molecular weight excluding hydrogens is 150 g/mol. The summed E-state index contributed by atoms with van der Waals surface area (Å²) in [4.78, 5) is 2.38. The van der Waals surface area contributed by atoms with E-state index in [1.807, 2.05) is 0 Å². The highest BCUT2D eigenvalue weighted by Crippen LogP contribution is 2.33. The van der Waals surface area contributed by atoms with Gasteiger partial charge < -0.3 is 5.11 Å². The molecule has 1 rings (SSSR count). The first kappa shape index (κ1) is 10.0. The molecule has 0 aliphatic carbocycles. The van der Waals surface area contributed by atoms with Crippen LogP contribution in [0.5, 0.6) is 0 Å². The molecule has 0 aromatic rings. The van der Waals surface area contributed by atoms with Crippen LogP contribution in [-0.2, 0) is 0 Å². The Kier molecular flexibility index (Phi) is 3.13. The maximum absolute atomic E-state index is 9.18. The lowest BCUT2D eigenvalue weighted by atomic mass is 9.79. The van der Waals surface area contributed by atoms with Crippen LogP contribution in [0.2, 0.25) is 0 Å². The third kappa shape index (κ3) is 2.20. The van der Waals surface area contributed by atoms with Crippen LogP contribution in [0.1, 0.15) is 33.6 Å². The lowest BCUT2D eigenvalue weighted by molar-refractivity contribution is 0.0388. The van der Waals surface area contributed by atoms with Gasteiger partial charge in [-0.25, -0.2) is 0 Å². The Labute approximate surface area is 75.6 Å². The van der Waals surface area contributed by atoms with Gasteiger partial charge in [-0.05, 0) is 31.3 Å². The average molecular weight is 171 g/mol. The number of aliphatic hydroxyl groups excluding tert-OH is 1. The first-order valence-electron chi connectivity index (χ1n) is 4.94. The number of rotatable bonds is 2. The quantitative estimate of drug-likeness (QED) is 0.680. The van der Waals surface area contributed by atoms with Gasteiger partial charge in [0.25, 0.3) is 0 Å². The zero-order chi connectivity index (χ0) is 9.19. The van der Waals surface area contributed by atoms with Crippen LogP contribution < -0.4 is 0 Å². The number of piperidine rings is 1. The van der Waals surface area contributed by atoms with Gasteiger partial charge in [0.05, 0.1) is 6.61 Å². The maximum Gasteiger partial charge on any atom is 0.0587 e. The van der Waals surface area contributed by atoms with E-state index < -0.39 is 0 Å². The summed E-state index contributed by atoms with van der Waals surface area (Å²) in [5, 5.41) is 9.18. The SMILES string of the molecule is CCN1CCC(C)(C)CC1CO. The summed E-state index contributed by atoms with van der Waals surface area (Å²) in [6.45, 7) is 9.29. The van der Waals surface area contributed by atoms with Crippen molar-refractivity contribution in [1.29, 1.82) is 0 Å². The van der Waals surface area contributed by atoms with E-state index in [9.17, 15) is 5.11 Å². The second-order valence-electron chi connectivity index (χ2n) is 4.58. The number of likely N-dealkylation sites (tertiary alicyclic amines) is 1. The predicted molar refractivity (Wildman–Crippen MR) is 51.1 cm³/mol. The molecule has 1 aliphatic heterocycles. The Balaban J connectivity index is 2.53. The number of nitrogens with zero attached hydrogens (tertiary/aromatic N) is 1. The largest absolute Gasteiger partial charge is 0.395 e. The third-order valence-electron chi connectivity index (χ3n) is 3.00. The van der Waals surface area contributed by atoms with Crippen LogP contribution in [0.25, 0.3) is 0 Å². The minimum absolute atomic E-state index is 0.317. The molecule has 72 valence electrons. The van der Waals surface area contributed by atoms with Gasteiger partial charge in [-0.3, -0.25) is 4.90 Å². The highest BCUT2D eigenvalue weighted by Gasteiger charge is 2.31. The van der Waals surface area contributed by atoms with E-state index in [2.05, 4.69) is 25.7 Å². The Morgan fingerprint density at radius 3 is 2.67 bits per heavy atom. The number of hydrogen-bond donors (Lipinski definition) is 1. The number of aliphatic hydroxyl groups is 1. The van der Waals surface area contributed by atoms with Crippen molar-refractivity contribution in [3.05, 3.63) is 0 Å². The van der Waals surface area contributed by atoms with Crippen molar-refractivity contribution in [2.24, 2.45) is 5.41 Å². The number of likely N-dealkylation sites (N-methyl/N-ethyl adjacent to an activating group) is 1. The lowest BCUT2D eigenvalue weighted by Gasteiger charge is -2.42. The van der Waals surface area contributed by atoms with E-state index in [1.54, 1.807) is 0 Å². The second kappa shape index (κ2) is 3.75. The standard InChI is InChI=1S/C10H21NO/c1-4-11-6-5-10(2,3)7-9(11)8-12/h9,12H,4-8H2,1-3H3. The minimum Gasteiger partial charge on any atom is -0.395 e. The van der Waals surface area contributed by atoms with Gasteiger partial charge in [0.2, 0.25) is 0 Å². The molecule has 0 aromatic carbocycles. The molecule has 1 heterocycles. The molecule has 0 aromatic heterocycles. The van der Waals surface area contributed by atoms with E-state index in [0.717, 1.165) is 19.5 Å². The molecule has 1 aliphatic rings. The smallest absolute Gasteiger partial charge is 0.0587 e. The van der Waals surface area contributed by atoms with Crippen molar-refractivity contribution < 1.29 is 5.11 Å². The molecule has 12 heavy (non-hydrogen) atoms. The molecule has 0 spiro atoms. The van der Waals surface area contributed by atoms with Gasteiger partial charge in [-0.2, -0.15) is 0 Å². The zero-order valence-corrected chi connectivity index (χ0v) is 8.51. The van der Waals surface area contributed by atoms with E-state index in [4.69, 9.17) is 0 Å². The van der Waals surface area contributed by atoms with E-state index in [0.29, 0.717) is 18.1 Å². The molecule has 0 radical (unpaired) electrons.